The lowest BCUT2D eigenvalue weighted by atomic mass is 10.0. The fourth-order valence-corrected chi connectivity index (χ4v) is 3.37. The Hall–Kier alpha value is -1.47. The first-order chi connectivity index (χ1) is 11.8. The minimum Gasteiger partial charge on any atom is -0.373 e. The van der Waals surface area contributed by atoms with Crippen LogP contribution >= 0.6 is 0 Å². The number of nitrogens with one attached hydrogen (secondary N) is 3. The van der Waals surface area contributed by atoms with Crippen LogP contribution in [0.4, 0.5) is 0 Å². The van der Waals surface area contributed by atoms with Crippen molar-refractivity contribution in [2.75, 3.05) is 32.8 Å². The van der Waals surface area contributed by atoms with Gasteiger partial charge in [-0.15, -0.1) is 0 Å². The molecule has 0 aromatic heterocycles. The average molecular weight is 332 g/mol. The van der Waals surface area contributed by atoms with Crippen LogP contribution in [0.1, 0.15) is 18.9 Å². The maximum atomic E-state index is 12.4. The Kier molecular flexibility index (Phi) is 6.20. The van der Waals surface area contributed by atoms with Crippen molar-refractivity contribution >= 4 is 5.91 Å². The molecule has 0 radical (unpaired) electrons. The van der Waals surface area contributed by atoms with Gasteiger partial charge in [0.05, 0.1) is 24.7 Å². The van der Waals surface area contributed by atoms with Crippen molar-refractivity contribution in [2.24, 2.45) is 5.92 Å². The maximum Gasteiger partial charge on any atom is 0.226 e. The number of hydrogen-bond acceptors (Lipinski definition) is 5. The third kappa shape index (κ3) is 4.54. The minimum atomic E-state index is 0.00284. The topological polar surface area (TPSA) is 65.6 Å². The van der Waals surface area contributed by atoms with Crippen LogP contribution in [0.2, 0.25) is 0 Å². The van der Waals surface area contributed by atoms with Gasteiger partial charge in [0, 0.05) is 32.7 Å². The number of hydrazine groups is 1. The average Bonchev–Trinajstić information content (AvgIpc) is 3.15. The van der Waals surface area contributed by atoms with Gasteiger partial charge in [-0.3, -0.25) is 20.5 Å². The highest BCUT2D eigenvalue weighted by atomic mass is 16.5. The predicted octanol–water partition coefficient (Wildman–Crippen LogP) is 0.506. The lowest BCUT2D eigenvalue weighted by Crippen LogP contribution is -2.54. The van der Waals surface area contributed by atoms with Gasteiger partial charge >= 0.3 is 0 Å². The highest BCUT2D eigenvalue weighted by Gasteiger charge is 2.31. The first kappa shape index (κ1) is 17.4. The fourth-order valence-electron chi connectivity index (χ4n) is 3.37. The second kappa shape index (κ2) is 8.58. The van der Waals surface area contributed by atoms with Gasteiger partial charge in [0.2, 0.25) is 5.91 Å². The maximum absolute atomic E-state index is 12.4. The number of ether oxygens (including phenoxy) is 1. The predicted molar refractivity (Wildman–Crippen MR) is 93.2 cm³/mol. The molecule has 1 amide bonds. The van der Waals surface area contributed by atoms with Crippen LogP contribution in [0.25, 0.3) is 0 Å². The molecule has 6 nitrogen and oxygen atoms in total. The lowest BCUT2D eigenvalue weighted by Gasteiger charge is -2.37. The molecule has 1 aromatic carbocycles. The summed E-state index contributed by atoms with van der Waals surface area (Å²) in [6.45, 7) is 6.93. The van der Waals surface area contributed by atoms with Crippen LogP contribution in [0.3, 0.4) is 0 Å². The molecule has 132 valence electrons. The van der Waals surface area contributed by atoms with E-state index in [9.17, 15) is 4.79 Å². The number of nitrogens with zero attached hydrogens (tertiary/aromatic N) is 1. The Morgan fingerprint density at radius 1 is 1.33 bits per heavy atom. The molecule has 24 heavy (non-hydrogen) atoms. The van der Waals surface area contributed by atoms with Crippen molar-refractivity contribution in [2.45, 2.75) is 32.0 Å². The van der Waals surface area contributed by atoms with E-state index in [0.29, 0.717) is 13.1 Å². The van der Waals surface area contributed by atoms with E-state index in [1.54, 1.807) is 0 Å². The molecule has 2 aliphatic heterocycles. The highest BCUT2D eigenvalue weighted by molar-refractivity contribution is 5.79. The van der Waals surface area contributed by atoms with E-state index in [1.807, 2.05) is 6.07 Å². The summed E-state index contributed by atoms with van der Waals surface area (Å²) in [5, 5.41) is 3.19. The molecule has 0 spiro atoms. The SMILES string of the molecule is CCC(NC(=O)C1CNNC1)C1CN(Cc2ccccc2)CCO1. The number of rotatable bonds is 6. The summed E-state index contributed by atoms with van der Waals surface area (Å²) >= 11 is 0. The lowest BCUT2D eigenvalue weighted by molar-refractivity contribution is -0.127. The van der Waals surface area contributed by atoms with Crippen molar-refractivity contribution in [1.29, 1.82) is 0 Å². The van der Waals surface area contributed by atoms with E-state index in [-0.39, 0.29) is 24.0 Å². The fraction of sp³-hybridized carbons (Fsp3) is 0.611. The van der Waals surface area contributed by atoms with E-state index in [4.69, 9.17) is 4.74 Å². The van der Waals surface area contributed by atoms with Crippen LogP contribution in [0.15, 0.2) is 30.3 Å². The molecule has 2 heterocycles. The molecule has 1 aromatic rings. The molecule has 3 N–H and O–H groups in total. The van der Waals surface area contributed by atoms with Crippen LogP contribution in [0, 0.1) is 5.92 Å². The molecule has 0 aliphatic carbocycles. The molecular weight excluding hydrogens is 304 g/mol. The number of amides is 1. The van der Waals surface area contributed by atoms with Crippen molar-refractivity contribution in [1.82, 2.24) is 21.1 Å². The van der Waals surface area contributed by atoms with Gasteiger partial charge < -0.3 is 10.1 Å². The van der Waals surface area contributed by atoms with Gasteiger partial charge in [-0.1, -0.05) is 37.3 Å². The van der Waals surface area contributed by atoms with Gasteiger partial charge in [0.15, 0.2) is 0 Å². The Morgan fingerprint density at radius 3 is 2.79 bits per heavy atom. The molecular formula is C18H28N4O2. The van der Waals surface area contributed by atoms with Gasteiger partial charge in [-0.2, -0.15) is 0 Å². The molecule has 0 saturated carbocycles. The van der Waals surface area contributed by atoms with Crippen LogP contribution in [-0.4, -0.2) is 55.7 Å². The van der Waals surface area contributed by atoms with Crippen LogP contribution in [-0.2, 0) is 16.1 Å². The summed E-state index contributed by atoms with van der Waals surface area (Å²) in [7, 11) is 0. The first-order valence-corrected chi connectivity index (χ1v) is 8.90. The third-order valence-electron chi connectivity index (χ3n) is 4.84. The number of carbonyl (C=O) groups excluding carboxylic acids is 1. The van der Waals surface area contributed by atoms with E-state index >= 15 is 0 Å². The zero-order valence-corrected chi connectivity index (χ0v) is 14.3. The second-order valence-corrected chi connectivity index (χ2v) is 6.61. The van der Waals surface area contributed by atoms with Crippen molar-refractivity contribution in [3.63, 3.8) is 0 Å². The van der Waals surface area contributed by atoms with Gasteiger partial charge in [-0.05, 0) is 12.0 Å². The number of benzene rings is 1. The van der Waals surface area contributed by atoms with E-state index in [2.05, 4.69) is 52.3 Å². The monoisotopic (exact) mass is 332 g/mol. The Morgan fingerprint density at radius 2 is 2.08 bits per heavy atom. The Bertz CT molecular complexity index is 519. The Balaban J connectivity index is 1.54. The molecule has 2 saturated heterocycles. The zero-order chi connectivity index (χ0) is 16.8. The van der Waals surface area contributed by atoms with Crippen molar-refractivity contribution < 1.29 is 9.53 Å². The molecule has 6 heteroatoms. The molecule has 2 unspecified atom stereocenters. The summed E-state index contributed by atoms with van der Waals surface area (Å²) in [4.78, 5) is 14.8. The second-order valence-electron chi connectivity index (χ2n) is 6.61. The quantitative estimate of drug-likeness (QED) is 0.708. The highest BCUT2D eigenvalue weighted by Crippen LogP contribution is 2.15. The molecule has 0 bridgehead atoms. The molecule has 2 aliphatic rings. The number of hydrogen-bond donors (Lipinski definition) is 3. The van der Waals surface area contributed by atoms with E-state index < -0.39 is 0 Å². The number of carbonyl (C=O) groups is 1. The number of morpholine rings is 1. The molecule has 2 atom stereocenters. The summed E-state index contributed by atoms with van der Waals surface area (Å²) in [5.41, 5.74) is 7.33. The minimum absolute atomic E-state index is 0.00284. The van der Waals surface area contributed by atoms with Gasteiger partial charge in [0.25, 0.3) is 0 Å². The standard InChI is InChI=1S/C18H28N4O2/c1-2-16(21-18(23)15-10-19-20-11-15)17-13-22(8-9-24-17)12-14-6-4-3-5-7-14/h3-7,15-17,19-20H,2,8-13H2,1H3,(H,21,23). The summed E-state index contributed by atoms with van der Waals surface area (Å²) in [5.74, 6) is 0.117. The zero-order valence-electron chi connectivity index (χ0n) is 14.3. The summed E-state index contributed by atoms with van der Waals surface area (Å²) < 4.78 is 5.97. The van der Waals surface area contributed by atoms with Crippen molar-refractivity contribution in [3.05, 3.63) is 35.9 Å². The van der Waals surface area contributed by atoms with Crippen LogP contribution in [0.5, 0.6) is 0 Å². The summed E-state index contributed by atoms with van der Waals surface area (Å²) in [6.07, 6.45) is 0.933. The summed E-state index contributed by atoms with van der Waals surface area (Å²) in [6, 6.07) is 10.6. The molecule has 3 rings (SSSR count). The van der Waals surface area contributed by atoms with Gasteiger partial charge in [-0.25, -0.2) is 0 Å². The smallest absolute Gasteiger partial charge is 0.226 e. The third-order valence-corrected chi connectivity index (χ3v) is 4.84. The normalized spacial score (nSPS) is 24.0. The van der Waals surface area contributed by atoms with E-state index in [1.165, 1.54) is 5.56 Å². The Labute approximate surface area is 143 Å². The van der Waals surface area contributed by atoms with Crippen LogP contribution < -0.4 is 16.2 Å². The van der Waals surface area contributed by atoms with Crippen molar-refractivity contribution in [3.8, 4) is 0 Å². The van der Waals surface area contributed by atoms with Gasteiger partial charge in [0.1, 0.15) is 0 Å². The largest absolute Gasteiger partial charge is 0.373 e. The van der Waals surface area contributed by atoms with E-state index in [0.717, 1.165) is 32.7 Å². The first-order valence-electron chi connectivity index (χ1n) is 8.90. The molecule has 2 fully saturated rings.